The first kappa shape index (κ1) is 66.0. The van der Waals surface area contributed by atoms with Crippen LogP contribution < -0.4 is 14.2 Å². The van der Waals surface area contributed by atoms with Crippen LogP contribution in [0.25, 0.3) is 0 Å². The van der Waals surface area contributed by atoms with Crippen LogP contribution in [0.5, 0.6) is 17.2 Å². The summed E-state index contributed by atoms with van der Waals surface area (Å²) in [5, 5.41) is 0. The molecule has 3 rings (SSSR count). The van der Waals surface area contributed by atoms with Crippen LogP contribution in [0.4, 0.5) is 14.4 Å². The number of carbonyl (C=O) groups is 3. The van der Waals surface area contributed by atoms with Crippen LogP contribution in [0.3, 0.4) is 0 Å². The van der Waals surface area contributed by atoms with Crippen molar-refractivity contribution in [2.75, 3.05) is 0 Å². The zero-order valence-corrected chi connectivity index (χ0v) is 39.0. The molecule has 0 spiro atoms. The summed E-state index contributed by atoms with van der Waals surface area (Å²) in [6.07, 6.45) is -0.471. The van der Waals surface area contributed by atoms with E-state index < -0.39 is 92.6 Å². The fourth-order valence-electron chi connectivity index (χ4n) is 6.35. The van der Waals surface area contributed by atoms with Crippen molar-refractivity contribution in [3.8, 4) is 17.2 Å². The monoisotopic (exact) mass is 1040 g/mol. The molecule has 0 aromatic heterocycles. The van der Waals surface area contributed by atoms with Crippen molar-refractivity contribution in [2.45, 2.75) is 123 Å². The molecule has 0 saturated carbocycles. The number of hydrogen-bond acceptors (Lipinski definition) is 15. The van der Waals surface area contributed by atoms with Crippen molar-refractivity contribution in [1.82, 2.24) is 0 Å². The molecule has 5 unspecified atom stereocenters. The molecule has 3 aromatic rings. The molecular formula is C39H55ClNa3O18PS3. The average molecular weight is 1040 g/mol. The van der Waals surface area contributed by atoms with Crippen molar-refractivity contribution < 1.29 is 81.7 Å². The molecule has 352 valence electrons. The molecule has 0 radical (unpaired) electrons. The van der Waals surface area contributed by atoms with Gasteiger partial charge in [-0.1, -0.05) is 58.3 Å². The second-order valence-corrected chi connectivity index (χ2v) is 18.9. The number of carbonyl (C=O) groups excluding carboxylic acids is 3. The van der Waals surface area contributed by atoms with E-state index in [2.05, 4.69) is 6.92 Å². The molecule has 5 atom stereocenters. The summed E-state index contributed by atoms with van der Waals surface area (Å²) in [7, 11) is -13.6. The minimum absolute atomic E-state index is 0. The zero-order valence-electron chi connectivity index (χ0n) is 34.4. The van der Waals surface area contributed by atoms with Gasteiger partial charge < -0.3 is 28.4 Å². The van der Waals surface area contributed by atoms with Crippen molar-refractivity contribution in [3.05, 3.63) is 72.8 Å². The predicted octanol–water partition coefficient (Wildman–Crippen LogP) is 6.78. The first-order valence-corrected chi connectivity index (χ1v) is 23.7. The minimum atomic E-state index is -4.55. The normalized spacial score (nSPS) is 14.0. The summed E-state index contributed by atoms with van der Waals surface area (Å²) in [5.41, 5.74) is 0. The summed E-state index contributed by atoms with van der Waals surface area (Å²) in [4.78, 5) is 36.1. The van der Waals surface area contributed by atoms with Crippen LogP contribution in [0, 0.1) is 5.92 Å². The summed E-state index contributed by atoms with van der Waals surface area (Å²) >= 11 is 7.47. The zero-order chi connectivity index (χ0) is 45.6. The number of unbranched alkanes of at least 4 members (excludes halogenated alkanes) is 7. The molecule has 65 heavy (non-hydrogen) atoms. The van der Waals surface area contributed by atoms with E-state index in [1.807, 2.05) is 0 Å². The van der Waals surface area contributed by atoms with Crippen LogP contribution in [-0.4, -0.2) is 169 Å². The molecule has 0 saturated heterocycles. The molecule has 0 bridgehead atoms. The maximum atomic E-state index is 13.2. The van der Waals surface area contributed by atoms with Crippen molar-refractivity contribution >= 4 is 159 Å². The van der Waals surface area contributed by atoms with Crippen molar-refractivity contribution in [1.29, 1.82) is 0 Å². The van der Waals surface area contributed by atoms with E-state index in [1.54, 1.807) is 0 Å². The topological polar surface area (TPSA) is 270 Å². The van der Waals surface area contributed by atoms with E-state index in [4.69, 9.17) is 40.0 Å². The fourth-order valence-corrected chi connectivity index (χ4v) is 8.17. The Hall–Kier alpha value is -1.08. The Kier molecular flexibility index (Phi) is 31.0. The molecule has 26 heteroatoms. The number of ether oxygens (including phenoxy) is 6. The van der Waals surface area contributed by atoms with E-state index in [1.165, 1.54) is 20.8 Å². The van der Waals surface area contributed by atoms with Gasteiger partial charge in [0, 0.05) is 5.92 Å². The Labute approximate surface area is 455 Å². The molecule has 0 heterocycles. The van der Waals surface area contributed by atoms with E-state index >= 15 is 0 Å². The third-order valence-electron chi connectivity index (χ3n) is 9.55. The summed E-state index contributed by atoms with van der Waals surface area (Å²) in [5.74, 6) is -1.53. The number of rotatable bonds is 22. The SMILES string of the molecule is CCCCCCCCCCC(C(C)OC(=O)Oc1ccc(S(=O)(=O)O)cc1)C(Cl)(C(C)OC(=O)Oc1ccc(S(=O)(=O)O)cc1)C(C)OC(=O)Oc1ccc(S(=O)(=O)O)cc1.P.[NaH].[NaH].[NaH]. The Morgan fingerprint density at radius 3 is 1.09 bits per heavy atom. The molecule has 0 amide bonds. The van der Waals surface area contributed by atoms with E-state index in [0.29, 0.717) is 12.8 Å². The fraction of sp³-hybridized carbons (Fsp3) is 0.462. The van der Waals surface area contributed by atoms with Crippen molar-refractivity contribution in [3.63, 3.8) is 0 Å². The number of hydrogen-bond donors (Lipinski definition) is 3. The van der Waals surface area contributed by atoms with Crippen LogP contribution >= 0.6 is 21.5 Å². The molecule has 0 aliphatic rings. The molecule has 18 nitrogen and oxygen atoms in total. The predicted molar refractivity (Wildman–Crippen MR) is 250 cm³/mol. The van der Waals surface area contributed by atoms with Crippen LogP contribution in [0.15, 0.2) is 87.5 Å². The molecule has 3 aromatic carbocycles. The molecule has 0 aliphatic heterocycles. The first-order chi connectivity index (χ1) is 28.4. The van der Waals surface area contributed by atoms with Gasteiger partial charge in [-0.2, -0.15) is 35.2 Å². The summed E-state index contributed by atoms with van der Waals surface area (Å²) in [6, 6.07) is 12.4. The van der Waals surface area contributed by atoms with Gasteiger partial charge in [0.1, 0.15) is 40.4 Å². The Morgan fingerprint density at radius 1 is 0.523 bits per heavy atom. The molecule has 3 N–H and O–H groups in total. The van der Waals surface area contributed by atoms with Gasteiger partial charge in [0.15, 0.2) is 0 Å². The Balaban J connectivity index is 0. The molecular weight excluding hydrogens is 988 g/mol. The Bertz CT molecular complexity index is 2180. The summed E-state index contributed by atoms with van der Waals surface area (Å²) < 4.78 is 129. The van der Waals surface area contributed by atoms with Gasteiger partial charge in [0.2, 0.25) is 0 Å². The third kappa shape index (κ3) is 22.0. The Morgan fingerprint density at radius 2 is 0.800 bits per heavy atom. The van der Waals surface area contributed by atoms with Gasteiger partial charge in [0.05, 0.1) is 14.7 Å². The first-order valence-electron chi connectivity index (χ1n) is 19.0. The van der Waals surface area contributed by atoms with Crippen molar-refractivity contribution in [2.24, 2.45) is 5.92 Å². The quantitative estimate of drug-likeness (QED) is 0.0137. The van der Waals surface area contributed by atoms with Crippen LogP contribution in [-0.2, 0) is 44.6 Å². The van der Waals surface area contributed by atoms with Gasteiger partial charge in [-0.3, -0.25) is 13.7 Å². The number of halogens is 1. The number of alkyl halides is 1. The van der Waals surface area contributed by atoms with Gasteiger partial charge in [-0.25, -0.2) is 14.4 Å². The van der Waals surface area contributed by atoms with Gasteiger partial charge >= 0.3 is 107 Å². The van der Waals surface area contributed by atoms with Gasteiger partial charge in [0.25, 0.3) is 30.4 Å². The van der Waals surface area contributed by atoms with Gasteiger partial charge in [-0.15, -0.1) is 11.6 Å². The third-order valence-corrected chi connectivity index (χ3v) is 13.0. The van der Waals surface area contributed by atoms with E-state index in [9.17, 15) is 53.3 Å². The second-order valence-electron chi connectivity index (χ2n) is 13.9. The average Bonchev–Trinajstić information content (AvgIpc) is 3.16. The molecule has 0 fully saturated rings. The maximum absolute atomic E-state index is 13.2. The number of benzene rings is 3. The van der Waals surface area contributed by atoms with Gasteiger partial charge in [-0.05, 0) is 100.0 Å². The summed E-state index contributed by atoms with van der Waals surface area (Å²) in [6.45, 7) is 6.30. The van der Waals surface area contributed by atoms with E-state index in [0.717, 1.165) is 111 Å². The molecule has 0 aliphatic carbocycles. The van der Waals surface area contributed by atoms with Crippen LogP contribution in [0.1, 0.15) is 85.5 Å². The second kappa shape index (κ2) is 30.5. The standard InChI is InChI=1S/C39H49ClO18S3.3Na.H3P.3H/c1-5-6-7-8-9-10-11-12-13-35(26(2)53-36(41)56-29-14-20-32(21-15-29)59(44,45)46)39(40,27(3)54-37(42)57-30-16-22-33(23-17-30)60(47,48)49)28(4)55-38(43)58-31-18-24-34(25-19-31)61(50,51)52;;;;;;;/h14-28,35H,5-13H2,1-4H3,(H,44,45,46)(H,47,48,49)(H,50,51,52);;;;1H3;;;. The van der Waals surface area contributed by atoms with E-state index in [-0.39, 0.29) is 122 Å². The van der Waals surface area contributed by atoms with Crippen LogP contribution in [0.2, 0.25) is 0 Å².